The van der Waals surface area contributed by atoms with Gasteiger partial charge in [-0.25, -0.2) is 0 Å². The van der Waals surface area contributed by atoms with Crippen molar-refractivity contribution in [1.82, 2.24) is 9.78 Å². The first kappa shape index (κ1) is 8.05. The molecule has 1 radical (unpaired) electrons. The summed E-state index contributed by atoms with van der Waals surface area (Å²) in [5, 5.41) is 4.03. The van der Waals surface area contributed by atoms with Gasteiger partial charge >= 0.3 is 0 Å². The number of rotatable bonds is 2. The highest BCUT2D eigenvalue weighted by molar-refractivity contribution is 5.21. The van der Waals surface area contributed by atoms with E-state index in [4.69, 9.17) is 0 Å². The van der Waals surface area contributed by atoms with E-state index in [0.717, 1.165) is 6.54 Å². The topological polar surface area (TPSA) is 17.8 Å². The molecule has 0 amide bonds. The van der Waals surface area contributed by atoms with Crippen LogP contribution in [0.15, 0.2) is 36.5 Å². The number of hydrogen-bond acceptors (Lipinski definition) is 1. The molecule has 0 N–H and O–H groups in total. The summed E-state index contributed by atoms with van der Waals surface area (Å²) in [7, 11) is 0. The first-order chi connectivity index (χ1) is 6.34. The van der Waals surface area contributed by atoms with Gasteiger partial charge in [0.15, 0.2) is 0 Å². The van der Waals surface area contributed by atoms with Gasteiger partial charge in [0.1, 0.15) is 6.20 Å². The van der Waals surface area contributed by atoms with Gasteiger partial charge < -0.3 is 0 Å². The average Bonchev–Trinajstić information content (AvgIpc) is 2.62. The molecule has 0 bridgehead atoms. The van der Waals surface area contributed by atoms with Crippen LogP contribution in [0.1, 0.15) is 11.1 Å². The molecular weight excluding hydrogens is 160 g/mol. The van der Waals surface area contributed by atoms with Gasteiger partial charge in [0.25, 0.3) is 0 Å². The first-order valence-electron chi connectivity index (χ1n) is 4.29. The Morgan fingerprint density at radius 3 is 2.69 bits per heavy atom. The molecule has 65 valence electrons. The fourth-order valence-electron chi connectivity index (χ4n) is 1.23. The maximum atomic E-state index is 4.03. The first-order valence-corrected chi connectivity index (χ1v) is 4.29. The number of hydrogen-bond donors (Lipinski definition) is 0. The molecule has 2 nitrogen and oxygen atoms in total. The van der Waals surface area contributed by atoms with Crippen molar-refractivity contribution in [3.63, 3.8) is 0 Å². The van der Waals surface area contributed by atoms with Gasteiger partial charge in [0.05, 0.1) is 6.54 Å². The fraction of sp³-hybridized carbons (Fsp3) is 0.182. The number of aryl methyl sites for hydroxylation is 1. The van der Waals surface area contributed by atoms with Crippen molar-refractivity contribution < 1.29 is 0 Å². The van der Waals surface area contributed by atoms with Crippen LogP contribution in [0.5, 0.6) is 0 Å². The molecular formula is C11H11N2. The number of benzene rings is 1. The second-order valence-electron chi connectivity index (χ2n) is 3.13. The third-order valence-corrected chi connectivity index (χ3v) is 1.97. The summed E-state index contributed by atoms with van der Waals surface area (Å²) < 4.78 is 1.87. The quantitative estimate of drug-likeness (QED) is 0.676. The van der Waals surface area contributed by atoms with Crippen molar-refractivity contribution >= 4 is 0 Å². The van der Waals surface area contributed by atoms with E-state index in [0.29, 0.717) is 0 Å². The Hall–Kier alpha value is -1.57. The Morgan fingerprint density at radius 2 is 2.08 bits per heavy atom. The minimum atomic E-state index is 0.823. The van der Waals surface area contributed by atoms with Crippen LogP contribution >= 0.6 is 0 Å². The van der Waals surface area contributed by atoms with E-state index in [2.05, 4.69) is 42.5 Å². The molecule has 13 heavy (non-hydrogen) atoms. The Kier molecular flexibility index (Phi) is 2.13. The third-order valence-electron chi connectivity index (χ3n) is 1.97. The Morgan fingerprint density at radius 1 is 1.31 bits per heavy atom. The van der Waals surface area contributed by atoms with Gasteiger partial charge in [0.2, 0.25) is 0 Å². The molecule has 1 heterocycles. The lowest BCUT2D eigenvalue weighted by molar-refractivity contribution is 0.685. The highest BCUT2D eigenvalue weighted by Gasteiger charge is 1.93. The molecule has 0 aliphatic rings. The second kappa shape index (κ2) is 3.44. The minimum Gasteiger partial charge on any atom is -0.268 e. The van der Waals surface area contributed by atoms with Crippen LogP contribution in [0.2, 0.25) is 0 Å². The maximum absolute atomic E-state index is 4.03. The van der Waals surface area contributed by atoms with Gasteiger partial charge in [-0.1, -0.05) is 29.8 Å². The molecule has 0 saturated heterocycles. The minimum absolute atomic E-state index is 0.823. The highest BCUT2D eigenvalue weighted by atomic mass is 15.3. The molecule has 0 aliphatic heterocycles. The van der Waals surface area contributed by atoms with Crippen LogP contribution < -0.4 is 0 Å². The molecule has 2 rings (SSSR count). The van der Waals surface area contributed by atoms with Crippen LogP contribution in [0.3, 0.4) is 0 Å². The Balaban J connectivity index is 2.15. The predicted octanol–water partition coefficient (Wildman–Crippen LogP) is 2.04. The largest absolute Gasteiger partial charge is 0.268 e. The molecule has 0 aliphatic carbocycles. The van der Waals surface area contributed by atoms with Crippen molar-refractivity contribution in [2.45, 2.75) is 13.5 Å². The molecule has 0 saturated carbocycles. The SMILES string of the molecule is Cc1ccc(Cn2cc[c]n2)cc1. The van der Waals surface area contributed by atoms with Crippen LogP contribution in [0, 0.1) is 13.1 Å². The van der Waals surface area contributed by atoms with Crippen molar-refractivity contribution in [3.8, 4) is 0 Å². The van der Waals surface area contributed by atoms with E-state index in [1.165, 1.54) is 11.1 Å². The standard InChI is InChI=1S/C11H11N2/c1-10-3-5-11(6-4-10)9-13-8-2-7-12-13/h2-6,8H,9H2,1H3. The van der Waals surface area contributed by atoms with E-state index in [9.17, 15) is 0 Å². The molecule has 0 atom stereocenters. The van der Waals surface area contributed by atoms with Crippen molar-refractivity contribution in [2.75, 3.05) is 0 Å². The molecule has 2 heteroatoms. The smallest absolute Gasteiger partial charge is 0.113 e. The molecule has 2 aromatic rings. The van der Waals surface area contributed by atoms with Crippen molar-refractivity contribution in [3.05, 3.63) is 53.9 Å². The number of aromatic nitrogens is 2. The predicted molar refractivity (Wildman–Crippen MR) is 51.3 cm³/mol. The van der Waals surface area contributed by atoms with E-state index < -0.39 is 0 Å². The highest BCUT2D eigenvalue weighted by Crippen LogP contribution is 2.04. The van der Waals surface area contributed by atoms with Crippen molar-refractivity contribution in [2.24, 2.45) is 0 Å². The lowest BCUT2D eigenvalue weighted by atomic mass is 10.1. The van der Waals surface area contributed by atoms with Crippen molar-refractivity contribution in [1.29, 1.82) is 0 Å². The summed E-state index contributed by atoms with van der Waals surface area (Å²) in [6.07, 6.45) is 4.69. The molecule has 0 fully saturated rings. The summed E-state index contributed by atoms with van der Waals surface area (Å²) in [5.41, 5.74) is 2.55. The van der Waals surface area contributed by atoms with E-state index in [-0.39, 0.29) is 0 Å². The molecule has 0 unspecified atom stereocenters. The summed E-state index contributed by atoms with van der Waals surface area (Å²) in [4.78, 5) is 0. The zero-order valence-electron chi connectivity index (χ0n) is 7.57. The van der Waals surface area contributed by atoms with Gasteiger partial charge in [-0.2, -0.15) is 5.10 Å². The van der Waals surface area contributed by atoms with E-state index in [1.807, 2.05) is 16.9 Å². The average molecular weight is 171 g/mol. The number of nitrogens with zero attached hydrogens (tertiary/aromatic N) is 2. The Labute approximate surface area is 77.8 Å². The summed E-state index contributed by atoms with van der Waals surface area (Å²) in [5.74, 6) is 0. The third kappa shape index (κ3) is 1.96. The second-order valence-corrected chi connectivity index (χ2v) is 3.13. The lowest BCUT2D eigenvalue weighted by Crippen LogP contribution is -1.99. The van der Waals surface area contributed by atoms with Crippen LogP contribution in [-0.2, 0) is 6.54 Å². The summed E-state index contributed by atoms with van der Waals surface area (Å²) in [6.45, 7) is 2.91. The lowest BCUT2D eigenvalue weighted by Gasteiger charge is -2.01. The van der Waals surface area contributed by atoms with Gasteiger partial charge in [-0.15, -0.1) is 0 Å². The van der Waals surface area contributed by atoms with Crippen LogP contribution in [0.25, 0.3) is 0 Å². The van der Waals surface area contributed by atoms with Crippen LogP contribution in [0.4, 0.5) is 0 Å². The molecule has 1 aromatic heterocycles. The monoisotopic (exact) mass is 171 g/mol. The zero-order valence-corrected chi connectivity index (χ0v) is 7.57. The molecule has 1 aromatic carbocycles. The molecule has 0 spiro atoms. The van der Waals surface area contributed by atoms with Gasteiger partial charge in [-0.3, -0.25) is 4.68 Å². The summed E-state index contributed by atoms with van der Waals surface area (Å²) >= 11 is 0. The summed E-state index contributed by atoms with van der Waals surface area (Å²) in [6, 6.07) is 10.3. The van der Waals surface area contributed by atoms with Crippen LogP contribution in [-0.4, -0.2) is 9.78 Å². The van der Waals surface area contributed by atoms with E-state index in [1.54, 1.807) is 0 Å². The zero-order chi connectivity index (χ0) is 9.10. The van der Waals surface area contributed by atoms with E-state index >= 15 is 0 Å². The van der Waals surface area contributed by atoms with Gasteiger partial charge in [-0.05, 0) is 18.6 Å². The fourth-order valence-corrected chi connectivity index (χ4v) is 1.23. The van der Waals surface area contributed by atoms with Gasteiger partial charge in [0, 0.05) is 6.20 Å². The maximum Gasteiger partial charge on any atom is 0.113 e. The normalized spacial score (nSPS) is 10.2. The Bertz CT molecular complexity index is 359.